The molecule has 0 saturated carbocycles. The van der Waals surface area contributed by atoms with Crippen molar-refractivity contribution in [1.82, 2.24) is 0 Å². The minimum Gasteiger partial charge on any atom is -0.487 e. The lowest BCUT2D eigenvalue weighted by atomic mass is 9.90. The molecule has 0 aromatic heterocycles. The van der Waals surface area contributed by atoms with Crippen LogP contribution in [0.25, 0.3) is 0 Å². The van der Waals surface area contributed by atoms with Crippen LogP contribution in [0.4, 0.5) is 0 Å². The zero-order valence-corrected chi connectivity index (χ0v) is 10.2. The maximum atomic E-state index is 9.06. The third-order valence-corrected chi connectivity index (χ3v) is 3.01. The van der Waals surface area contributed by atoms with Gasteiger partial charge < -0.3 is 9.94 Å². The Morgan fingerprint density at radius 3 is 2.50 bits per heavy atom. The first-order valence-electron chi connectivity index (χ1n) is 5.44. The summed E-state index contributed by atoms with van der Waals surface area (Å²) < 4.78 is 5.90. The number of benzene rings is 1. The van der Waals surface area contributed by atoms with Crippen molar-refractivity contribution in [3.63, 3.8) is 0 Å². The molecule has 0 bridgehead atoms. The second kappa shape index (κ2) is 3.51. The lowest BCUT2D eigenvalue weighted by Gasteiger charge is -2.33. The van der Waals surface area contributed by atoms with E-state index in [-0.39, 0.29) is 5.60 Å². The number of oxime groups is 1. The second-order valence-electron chi connectivity index (χ2n) is 5.02. The van der Waals surface area contributed by atoms with Crippen molar-refractivity contribution in [3.05, 3.63) is 28.8 Å². The maximum absolute atomic E-state index is 9.06. The van der Waals surface area contributed by atoms with Crippen molar-refractivity contribution in [2.75, 3.05) is 0 Å². The van der Waals surface area contributed by atoms with Crippen LogP contribution in [0.3, 0.4) is 0 Å². The molecule has 0 spiro atoms. The molecule has 3 nitrogen and oxygen atoms in total. The summed E-state index contributed by atoms with van der Waals surface area (Å²) in [6.07, 6.45) is 0.624. The van der Waals surface area contributed by atoms with E-state index >= 15 is 0 Å². The van der Waals surface area contributed by atoms with E-state index in [1.165, 1.54) is 11.1 Å². The highest BCUT2D eigenvalue weighted by Crippen LogP contribution is 2.35. The molecule has 1 N–H and O–H groups in total. The summed E-state index contributed by atoms with van der Waals surface area (Å²) in [5.74, 6) is 0.812. The van der Waals surface area contributed by atoms with Crippen LogP contribution in [-0.4, -0.2) is 16.5 Å². The fourth-order valence-corrected chi connectivity index (χ4v) is 2.02. The van der Waals surface area contributed by atoms with Gasteiger partial charge in [0, 0.05) is 12.0 Å². The fraction of sp³-hybridized carbons (Fsp3) is 0.462. The summed E-state index contributed by atoms with van der Waals surface area (Å²) in [5.41, 5.74) is 3.67. The molecular weight excluding hydrogens is 202 g/mol. The highest BCUT2D eigenvalue weighted by Gasteiger charge is 2.31. The molecule has 0 amide bonds. The van der Waals surface area contributed by atoms with E-state index in [0.29, 0.717) is 12.1 Å². The van der Waals surface area contributed by atoms with Crippen LogP contribution in [0.5, 0.6) is 5.75 Å². The Labute approximate surface area is 95.7 Å². The third-order valence-electron chi connectivity index (χ3n) is 3.01. The Morgan fingerprint density at radius 1 is 1.25 bits per heavy atom. The van der Waals surface area contributed by atoms with E-state index in [4.69, 9.17) is 9.94 Å². The van der Waals surface area contributed by atoms with Crippen LogP contribution in [0, 0.1) is 13.8 Å². The molecule has 1 heterocycles. The van der Waals surface area contributed by atoms with E-state index in [1.54, 1.807) is 0 Å². The van der Waals surface area contributed by atoms with E-state index < -0.39 is 0 Å². The zero-order chi connectivity index (χ0) is 11.9. The number of rotatable bonds is 0. The number of aryl methyl sites for hydroxylation is 2. The molecule has 0 radical (unpaired) electrons. The first-order chi connectivity index (χ1) is 7.43. The maximum Gasteiger partial charge on any atom is 0.129 e. The van der Waals surface area contributed by atoms with Gasteiger partial charge in [0.25, 0.3) is 0 Å². The zero-order valence-electron chi connectivity index (χ0n) is 10.2. The van der Waals surface area contributed by atoms with Crippen LogP contribution in [-0.2, 0) is 0 Å². The van der Waals surface area contributed by atoms with Crippen molar-refractivity contribution in [1.29, 1.82) is 0 Å². The number of fused-ring (bicyclic) bond motifs is 1. The molecule has 0 fully saturated rings. The van der Waals surface area contributed by atoms with Crippen molar-refractivity contribution in [2.24, 2.45) is 5.16 Å². The van der Waals surface area contributed by atoms with Crippen molar-refractivity contribution in [3.8, 4) is 5.75 Å². The van der Waals surface area contributed by atoms with Crippen molar-refractivity contribution >= 4 is 5.71 Å². The van der Waals surface area contributed by atoms with Gasteiger partial charge in [-0.05, 0) is 51.0 Å². The van der Waals surface area contributed by atoms with E-state index in [1.807, 2.05) is 32.9 Å². The summed E-state index contributed by atoms with van der Waals surface area (Å²) in [4.78, 5) is 0. The lowest BCUT2D eigenvalue weighted by molar-refractivity contribution is 0.109. The fourth-order valence-electron chi connectivity index (χ4n) is 2.02. The van der Waals surface area contributed by atoms with Gasteiger partial charge in [-0.25, -0.2) is 0 Å². The molecule has 0 unspecified atom stereocenters. The highest BCUT2D eigenvalue weighted by molar-refractivity contribution is 6.04. The van der Waals surface area contributed by atoms with Gasteiger partial charge in [0.15, 0.2) is 0 Å². The predicted molar refractivity (Wildman–Crippen MR) is 63.6 cm³/mol. The smallest absolute Gasteiger partial charge is 0.129 e. The minimum absolute atomic E-state index is 0.309. The number of ether oxygens (including phenoxy) is 1. The van der Waals surface area contributed by atoms with Crippen molar-refractivity contribution in [2.45, 2.75) is 39.7 Å². The molecule has 0 saturated heterocycles. The Balaban J connectivity index is 2.60. The number of hydrogen-bond acceptors (Lipinski definition) is 3. The molecule has 86 valence electrons. The van der Waals surface area contributed by atoms with Gasteiger partial charge in [-0.1, -0.05) is 5.16 Å². The Bertz CT molecular complexity index is 461. The van der Waals surface area contributed by atoms with Gasteiger partial charge >= 0.3 is 0 Å². The van der Waals surface area contributed by atoms with Crippen LogP contribution < -0.4 is 4.74 Å². The number of nitrogens with zero attached hydrogens (tertiary/aromatic N) is 1. The molecule has 0 aliphatic carbocycles. The lowest BCUT2D eigenvalue weighted by Crippen LogP contribution is -2.36. The Kier molecular flexibility index (Phi) is 2.41. The van der Waals surface area contributed by atoms with Gasteiger partial charge in [-0.15, -0.1) is 0 Å². The van der Waals surface area contributed by atoms with Crippen LogP contribution in [0.15, 0.2) is 17.3 Å². The average molecular weight is 219 g/mol. The van der Waals surface area contributed by atoms with Crippen LogP contribution >= 0.6 is 0 Å². The molecule has 1 aliphatic rings. The topological polar surface area (TPSA) is 41.8 Å². The quantitative estimate of drug-likeness (QED) is 0.538. The first kappa shape index (κ1) is 11.0. The molecule has 1 aromatic rings. The predicted octanol–water partition coefficient (Wildman–Crippen LogP) is 3.04. The molecule has 3 heteroatoms. The highest BCUT2D eigenvalue weighted by atomic mass is 16.5. The van der Waals surface area contributed by atoms with Gasteiger partial charge in [0.1, 0.15) is 11.4 Å². The SMILES string of the molecule is Cc1cc2c(cc1C)/C(=N/O)CC(C)(C)O2. The van der Waals surface area contributed by atoms with Gasteiger partial charge in [0.2, 0.25) is 0 Å². The summed E-state index contributed by atoms with van der Waals surface area (Å²) in [6.45, 7) is 8.09. The Morgan fingerprint density at radius 2 is 1.88 bits per heavy atom. The minimum atomic E-state index is -0.309. The van der Waals surface area contributed by atoms with Crippen LogP contribution in [0.1, 0.15) is 37.0 Å². The van der Waals surface area contributed by atoms with E-state index in [0.717, 1.165) is 11.3 Å². The molecule has 2 rings (SSSR count). The Hall–Kier alpha value is -1.51. The largest absolute Gasteiger partial charge is 0.487 e. The van der Waals surface area contributed by atoms with Crippen LogP contribution in [0.2, 0.25) is 0 Å². The standard InChI is InChI=1S/C13H17NO2/c1-8-5-10-11(14-15)7-13(3,4)16-12(10)6-9(8)2/h5-6,15H,7H2,1-4H3/b14-11+. The van der Waals surface area contributed by atoms with Gasteiger partial charge in [-0.3, -0.25) is 0 Å². The average Bonchev–Trinajstić information content (AvgIpc) is 2.18. The second-order valence-corrected chi connectivity index (χ2v) is 5.02. The van der Waals surface area contributed by atoms with E-state index in [9.17, 15) is 0 Å². The van der Waals surface area contributed by atoms with Crippen molar-refractivity contribution < 1.29 is 9.94 Å². The summed E-state index contributed by atoms with van der Waals surface area (Å²) in [7, 11) is 0. The van der Waals surface area contributed by atoms with E-state index in [2.05, 4.69) is 12.1 Å². The molecule has 0 atom stereocenters. The third kappa shape index (κ3) is 1.77. The number of hydrogen-bond donors (Lipinski definition) is 1. The summed E-state index contributed by atoms with van der Waals surface area (Å²) in [5, 5.41) is 12.5. The molecule has 1 aromatic carbocycles. The molecule has 16 heavy (non-hydrogen) atoms. The van der Waals surface area contributed by atoms with Gasteiger partial charge in [-0.2, -0.15) is 0 Å². The molecular formula is C13H17NO2. The first-order valence-corrected chi connectivity index (χ1v) is 5.44. The summed E-state index contributed by atoms with van der Waals surface area (Å²) >= 11 is 0. The van der Waals surface area contributed by atoms with Gasteiger partial charge in [0.05, 0.1) is 5.71 Å². The summed E-state index contributed by atoms with van der Waals surface area (Å²) in [6, 6.07) is 4.03. The molecule has 1 aliphatic heterocycles. The normalized spacial score (nSPS) is 20.4. The monoisotopic (exact) mass is 219 g/mol.